The maximum absolute atomic E-state index is 13.7. The third-order valence-electron chi connectivity index (χ3n) is 4.16. The molecule has 1 atom stereocenters. The van der Waals surface area contributed by atoms with Gasteiger partial charge in [0.15, 0.2) is 18.2 Å². The summed E-state index contributed by atoms with van der Waals surface area (Å²) < 4.78 is 19.1. The molecule has 0 radical (unpaired) electrons. The van der Waals surface area contributed by atoms with Crippen LogP contribution in [0.15, 0.2) is 42.5 Å². The zero-order valence-corrected chi connectivity index (χ0v) is 17.1. The molecule has 0 aliphatic heterocycles. The van der Waals surface area contributed by atoms with Crippen LogP contribution in [-0.2, 0) is 16.1 Å². The number of likely N-dealkylation sites (N-methyl/N-ethyl adjacent to an activating group) is 1. The summed E-state index contributed by atoms with van der Waals surface area (Å²) in [5.41, 5.74) is 0.705. The highest BCUT2D eigenvalue weighted by Crippen LogP contribution is 2.24. The van der Waals surface area contributed by atoms with Crippen molar-refractivity contribution in [1.29, 1.82) is 0 Å². The number of halogens is 3. The van der Waals surface area contributed by atoms with Crippen molar-refractivity contribution < 1.29 is 18.7 Å². The standard InChI is InChI=1S/C20H21Cl2FN2O3/c1-3-17(20(27)24-2)25(11-13-8-9-14(21)15(22)10-13)19(26)12-28-18-7-5-4-6-16(18)23/h4-10,17H,3,11-12H2,1-2H3,(H,24,27)/t17-/m0/s1. The van der Waals surface area contributed by atoms with Gasteiger partial charge in [-0.2, -0.15) is 0 Å². The molecule has 0 aromatic heterocycles. The van der Waals surface area contributed by atoms with Crippen LogP contribution in [0.4, 0.5) is 4.39 Å². The Balaban J connectivity index is 2.23. The van der Waals surface area contributed by atoms with Gasteiger partial charge in [-0.05, 0) is 36.2 Å². The number of nitrogens with zero attached hydrogens (tertiary/aromatic N) is 1. The second-order valence-electron chi connectivity index (χ2n) is 6.03. The number of nitrogens with one attached hydrogen (secondary N) is 1. The Bertz CT molecular complexity index is 848. The fraction of sp³-hybridized carbons (Fsp3) is 0.300. The lowest BCUT2D eigenvalue weighted by Gasteiger charge is -2.30. The lowest BCUT2D eigenvalue weighted by atomic mass is 10.1. The molecule has 28 heavy (non-hydrogen) atoms. The first-order valence-corrected chi connectivity index (χ1v) is 9.45. The SMILES string of the molecule is CC[C@@H](C(=O)NC)N(Cc1ccc(Cl)c(Cl)c1)C(=O)COc1ccccc1F. The van der Waals surface area contributed by atoms with E-state index in [1.807, 2.05) is 0 Å². The topological polar surface area (TPSA) is 58.6 Å². The van der Waals surface area contributed by atoms with Gasteiger partial charge in [0, 0.05) is 13.6 Å². The van der Waals surface area contributed by atoms with Gasteiger partial charge in [-0.3, -0.25) is 9.59 Å². The van der Waals surface area contributed by atoms with Crippen LogP contribution in [0.1, 0.15) is 18.9 Å². The molecular weight excluding hydrogens is 406 g/mol. The van der Waals surface area contributed by atoms with Gasteiger partial charge in [0.2, 0.25) is 5.91 Å². The van der Waals surface area contributed by atoms with Gasteiger partial charge in [-0.25, -0.2) is 4.39 Å². The van der Waals surface area contributed by atoms with E-state index < -0.39 is 24.4 Å². The Morgan fingerprint density at radius 1 is 1.18 bits per heavy atom. The van der Waals surface area contributed by atoms with Crippen LogP contribution >= 0.6 is 23.2 Å². The lowest BCUT2D eigenvalue weighted by Crippen LogP contribution is -2.49. The Morgan fingerprint density at radius 2 is 1.89 bits per heavy atom. The summed E-state index contributed by atoms with van der Waals surface area (Å²) in [7, 11) is 1.50. The zero-order valence-electron chi connectivity index (χ0n) is 15.5. The summed E-state index contributed by atoms with van der Waals surface area (Å²) >= 11 is 12.0. The van der Waals surface area contributed by atoms with Crippen molar-refractivity contribution in [3.05, 3.63) is 63.9 Å². The summed E-state index contributed by atoms with van der Waals surface area (Å²) in [6, 6.07) is 10.1. The lowest BCUT2D eigenvalue weighted by molar-refractivity contribution is -0.142. The minimum atomic E-state index is -0.712. The molecule has 0 fully saturated rings. The van der Waals surface area contributed by atoms with Crippen molar-refractivity contribution in [2.45, 2.75) is 25.9 Å². The van der Waals surface area contributed by atoms with Crippen molar-refractivity contribution in [2.24, 2.45) is 0 Å². The highest BCUT2D eigenvalue weighted by molar-refractivity contribution is 6.42. The molecule has 0 unspecified atom stereocenters. The molecule has 2 aromatic carbocycles. The monoisotopic (exact) mass is 426 g/mol. The average Bonchev–Trinajstić information content (AvgIpc) is 2.69. The van der Waals surface area contributed by atoms with Gasteiger partial charge in [0.25, 0.3) is 5.91 Å². The first-order chi connectivity index (χ1) is 13.4. The number of rotatable bonds is 8. The molecule has 0 aliphatic rings. The van der Waals surface area contributed by atoms with Gasteiger partial charge in [-0.15, -0.1) is 0 Å². The van der Waals surface area contributed by atoms with E-state index in [9.17, 15) is 14.0 Å². The Kier molecular flexibility index (Phi) is 8.08. The van der Waals surface area contributed by atoms with Crippen LogP contribution in [-0.4, -0.2) is 36.4 Å². The smallest absolute Gasteiger partial charge is 0.261 e. The van der Waals surface area contributed by atoms with Gasteiger partial charge in [0.05, 0.1) is 10.0 Å². The number of amides is 2. The van der Waals surface area contributed by atoms with Crippen LogP contribution in [0.25, 0.3) is 0 Å². The first kappa shape index (κ1) is 22.0. The predicted molar refractivity (Wildman–Crippen MR) is 107 cm³/mol. The van der Waals surface area contributed by atoms with Crippen LogP contribution in [0, 0.1) is 5.82 Å². The molecular formula is C20H21Cl2FN2O3. The summed E-state index contributed by atoms with van der Waals surface area (Å²) in [4.78, 5) is 26.5. The number of hydrogen-bond acceptors (Lipinski definition) is 3. The molecule has 0 saturated carbocycles. The molecule has 0 bridgehead atoms. The molecule has 2 rings (SSSR count). The Morgan fingerprint density at radius 3 is 2.50 bits per heavy atom. The average molecular weight is 427 g/mol. The molecule has 0 heterocycles. The molecule has 8 heteroatoms. The maximum Gasteiger partial charge on any atom is 0.261 e. The van der Waals surface area contributed by atoms with E-state index in [0.29, 0.717) is 22.0 Å². The molecule has 150 valence electrons. The van der Waals surface area contributed by atoms with E-state index in [2.05, 4.69) is 5.32 Å². The van der Waals surface area contributed by atoms with Crippen LogP contribution in [0.2, 0.25) is 10.0 Å². The maximum atomic E-state index is 13.7. The van der Waals surface area contributed by atoms with E-state index in [1.54, 1.807) is 31.2 Å². The number of carbonyl (C=O) groups excluding carboxylic acids is 2. The van der Waals surface area contributed by atoms with Gasteiger partial charge in [0.1, 0.15) is 6.04 Å². The van der Waals surface area contributed by atoms with E-state index in [-0.39, 0.29) is 18.2 Å². The normalized spacial score (nSPS) is 11.6. The number of para-hydroxylation sites is 1. The first-order valence-electron chi connectivity index (χ1n) is 8.69. The predicted octanol–water partition coefficient (Wildman–Crippen LogP) is 4.06. The quantitative estimate of drug-likeness (QED) is 0.691. The van der Waals surface area contributed by atoms with Gasteiger partial charge in [-0.1, -0.05) is 48.3 Å². The van der Waals surface area contributed by atoms with Gasteiger partial charge < -0.3 is 15.0 Å². The van der Waals surface area contributed by atoms with E-state index in [4.69, 9.17) is 27.9 Å². The number of carbonyl (C=O) groups is 2. The largest absolute Gasteiger partial charge is 0.481 e. The molecule has 1 N–H and O–H groups in total. The van der Waals surface area contributed by atoms with Crippen LogP contribution < -0.4 is 10.1 Å². The molecule has 5 nitrogen and oxygen atoms in total. The third kappa shape index (κ3) is 5.59. The molecule has 0 aliphatic carbocycles. The minimum absolute atomic E-state index is 0.0293. The number of hydrogen-bond donors (Lipinski definition) is 1. The van der Waals surface area contributed by atoms with Crippen molar-refractivity contribution in [3.8, 4) is 5.75 Å². The Hall–Kier alpha value is -2.31. The highest BCUT2D eigenvalue weighted by atomic mass is 35.5. The summed E-state index contributed by atoms with van der Waals surface area (Å²) in [5, 5.41) is 3.30. The molecule has 0 spiro atoms. The summed E-state index contributed by atoms with van der Waals surface area (Å²) in [6.45, 7) is 1.52. The van der Waals surface area contributed by atoms with E-state index in [1.165, 1.54) is 30.1 Å². The van der Waals surface area contributed by atoms with Gasteiger partial charge >= 0.3 is 0 Å². The second kappa shape index (κ2) is 10.3. The fourth-order valence-corrected chi connectivity index (χ4v) is 3.03. The summed E-state index contributed by atoms with van der Waals surface area (Å²) in [5.74, 6) is -1.35. The number of benzene rings is 2. The Labute approximate surface area is 173 Å². The molecule has 2 amide bonds. The summed E-state index contributed by atoms with van der Waals surface area (Å²) in [6.07, 6.45) is 0.395. The highest BCUT2D eigenvalue weighted by Gasteiger charge is 2.28. The van der Waals surface area contributed by atoms with Crippen LogP contribution in [0.3, 0.4) is 0 Å². The van der Waals surface area contributed by atoms with Crippen molar-refractivity contribution >= 4 is 35.0 Å². The fourth-order valence-electron chi connectivity index (χ4n) is 2.70. The van der Waals surface area contributed by atoms with E-state index in [0.717, 1.165) is 0 Å². The third-order valence-corrected chi connectivity index (χ3v) is 4.90. The molecule has 2 aromatic rings. The van der Waals surface area contributed by atoms with Crippen molar-refractivity contribution in [1.82, 2.24) is 10.2 Å². The minimum Gasteiger partial charge on any atom is -0.481 e. The van der Waals surface area contributed by atoms with Crippen molar-refractivity contribution in [3.63, 3.8) is 0 Å². The van der Waals surface area contributed by atoms with Crippen molar-refractivity contribution in [2.75, 3.05) is 13.7 Å². The molecule has 0 saturated heterocycles. The van der Waals surface area contributed by atoms with E-state index >= 15 is 0 Å². The number of ether oxygens (including phenoxy) is 1. The zero-order chi connectivity index (χ0) is 20.7. The second-order valence-corrected chi connectivity index (χ2v) is 6.84. The van der Waals surface area contributed by atoms with Crippen LogP contribution in [0.5, 0.6) is 5.75 Å².